The number of hydrogen-bond donors (Lipinski definition) is 0. The van der Waals surface area contributed by atoms with Crippen LogP contribution in [-0.2, 0) is 24.5 Å². The van der Waals surface area contributed by atoms with Crippen molar-refractivity contribution in [2.45, 2.75) is 88.1 Å². The lowest BCUT2D eigenvalue weighted by Crippen LogP contribution is -2.28. The van der Waals surface area contributed by atoms with Crippen molar-refractivity contribution in [3.8, 4) is 11.5 Å². The van der Waals surface area contributed by atoms with Gasteiger partial charge in [0, 0.05) is 51.6 Å². The molecule has 298 valence electrons. The van der Waals surface area contributed by atoms with Gasteiger partial charge in [0.15, 0.2) is 0 Å². The number of benzene rings is 2. The number of rotatable bonds is 22. The number of thioether (sulfide) groups is 6. The van der Waals surface area contributed by atoms with Crippen molar-refractivity contribution >= 4 is 82.5 Å². The molecular formula is C42H58O6S6. The van der Waals surface area contributed by atoms with Crippen LogP contribution in [-0.4, -0.2) is 92.5 Å². The molecule has 0 aromatic heterocycles. The van der Waals surface area contributed by atoms with Gasteiger partial charge < -0.3 is 18.9 Å². The van der Waals surface area contributed by atoms with Crippen LogP contribution in [0, 0.1) is 0 Å². The molecule has 0 spiro atoms. The number of carbonyl (C=O) groups is 2. The molecule has 2 saturated heterocycles. The molecule has 0 saturated carbocycles. The van der Waals surface area contributed by atoms with Crippen LogP contribution >= 0.6 is 70.6 Å². The third-order valence-corrected chi connectivity index (χ3v) is 17.6. The monoisotopic (exact) mass is 850 g/mol. The first kappa shape index (κ1) is 45.3. The molecule has 2 aliphatic heterocycles. The molecule has 0 radical (unpaired) electrons. The quantitative estimate of drug-likeness (QED) is 0.0643. The van der Waals surface area contributed by atoms with Gasteiger partial charge in [0.2, 0.25) is 0 Å². The Kier molecular flexibility index (Phi) is 19.9. The van der Waals surface area contributed by atoms with Gasteiger partial charge in [-0.15, -0.1) is 47.0 Å². The molecule has 54 heavy (non-hydrogen) atoms. The molecule has 0 bridgehead atoms. The highest BCUT2D eigenvalue weighted by Gasteiger charge is 2.25. The molecule has 0 aliphatic carbocycles. The maximum Gasteiger partial charge on any atom is 0.334 e. The summed E-state index contributed by atoms with van der Waals surface area (Å²) in [5, 5.41) is 0. The van der Waals surface area contributed by atoms with Crippen LogP contribution in [0.5, 0.6) is 11.5 Å². The number of hydrogen-bond acceptors (Lipinski definition) is 12. The van der Waals surface area contributed by atoms with E-state index in [2.05, 4.69) is 61.6 Å². The second-order valence-electron chi connectivity index (χ2n) is 14.3. The van der Waals surface area contributed by atoms with Crippen LogP contribution in [0.3, 0.4) is 0 Å². The van der Waals surface area contributed by atoms with Gasteiger partial charge in [-0.2, -0.15) is 23.5 Å². The van der Waals surface area contributed by atoms with Gasteiger partial charge in [-0.1, -0.05) is 49.3 Å². The average molecular weight is 851 g/mol. The lowest BCUT2D eigenvalue weighted by molar-refractivity contribution is -0.145. The van der Waals surface area contributed by atoms with E-state index in [1.165, 1.54) is 29.1 Å². The molecule has 0 amide bonds. The summed E-state index contributed by atoms with van der Waals surface area (Å²) in [4.78, 5) is 25.3. The maximum absolute atomic E-state index is 12.8. The normalized spacial score (nSPS) is 16.1. The minimum atomic E-state index is -0.337. The Bertz CT molecular complexity index is 1510. The summed E-state index contributed by atoms with van der Waals surface area (Å²) in [6.07, 6.45) is 3.19. The Balaban J connectivity index is 1.30. The van der Waals surface area contributed by atoms with Crippen molar-refractivity contribution in [3.63, 3.8) is 0 Å². The van der Waals surface area contributed by atoms with Crippen LogP contribution in [0.15, 0.2) is 71.3 Å². The van der Waals surface area contributed by atoms with E-state index in [-0.39, 0.29) is 29.6 Å². The summed E-state index contributed by atoms with van der Waals surface area (Å²) in [5.41, 5.74) is 4.57. The van der Waals surface area contributed by atoms with Crippen LogP contribution in [0.1, 0.15) is 72.4 Å². The summed E-state index contributed by atoms with van der Waals surface area (Å²) in [7, 11) is 0. The Hall–Kier alpha value is -1.44. The van der Waals surface area contributed by atoms with Crippen LogP contribution < -0.4 is 9.47 Å². The van der Waals surface area contributed by atoms with E-state index in [1.54, 1.807) is 0 Å². The summed E-state index contributed by atoms with van der Waals surface area (Å²) < 4.78 is 25.5. The zero-order chi connectivity index (χ0) is 38.9. The van der Waals surface area contributed by atoms with E-state index in [4.69, 9.17) is 18.9 Å². The number of esters is 2. The molecule has 4 rings (SSSR count). The first-order valence-electron chi connectivity index (χ1n) is 18.7. The van der Waals surface area contributed by atoms with Gasteiger partial charge >= 0.3 is 11.9 Å². The van der Waals surface area contributed by atoms with E-state index in [0.717, 1.165) is 58.1 Å². The highest BCUT2D eigenvalue weighted by atomic mass is 32.2. The summed E-state index contributed by atoms with van der Waals surface area (Å²) in [5.74, 6) is 9.36. The van der Waals surface area contributed by atoms with E-state index in [1.807, 2.05) is 106 Å². The van der Waals surface area contributed by atoms with Crippen LogP contribution in [0.4, 0.5) is 0 Å². The molecule has 0 N–H and O–H groups in total. The van der Waals surface area contributed by atoms with Crippen molar-refractivity contribution in [2.75, 3.05) is 59.2 Å². The fourth-order valence-electron chi connectivity index (χ4n) is 5.53. The summed E-state index contributed by atoms with van der Waals surface area (Å²) >= 11 is 11.9. The second kappa shape index (κ2) is 23.7. The van der Waals surface area contributed by atoms with E-state index < -0.39 is 0 Å². The van der Waals surface area contributed by atoms with Crippen LogP contribution in [0.25, 0.3) is 0 Å². The zero-order valence-corrected chi connectivity index (χ0v) is 37.8. The molecule has 2 aliphatic rings. The van der Waals surface area contributed by atoms with Gasteiger partial charge in [-0.05, 0) is 94.4 Å². The Morgan fingerprint density at radius 3 is 1.54 bits per heavy atom. The number of ether oxygens (including phenoxy) is 4. The highest BCUT2D eigenvalue weighted by molar-refractivity contribution is 8.20. The summed E-state index contributed by atoms with van der Waals surface area (Å²) in [6, 6.07) is 16.4. The smallest absolute Gasteiger partial charge is 0.334 e. The molecule has 2 unspecified atom stereocenters. The molecule has 12 heteroatoms. The standard InChI is InChI=1S/C42H58O6S6/c1-29(2)24-38(43)47-36(27-49-18-16-39-51-20-21-52-39)25-45-34-12-8-32(9-13-34)42(6,7)33-10-14-35(15-11-33)46-26-37(48-41(44)31(5)30(3)4)28-50-19-17-40-53-22-23-54-40/h8-15,24,36-37,39-40H,16-23,25-28H2,1-7H3. The van der Waals surface area contributed by atoms with Crippen molar-refractivity contribution < 1.29 is 28.5 Å². The van der Waals surface area contributed by atoms with Gasteiger partial charge in [-0.3, -0.25) is 0 Å². The van der Waals surface area contributed by atoms with Crippen molar-refractivity contribution in [2.24, 2.45) is 0 Å². The molecular weight excluding hydrogens is 793 g/mol. The van der Waals surface area contributed by atoms with Gasteiger partial charge in [0.25, 0.3) is 0 Å². The topological polar surface area (TPSA) is 71.1 Å². The summed E-state index contributed by atoms with van der Waals surface area (Å²) in [6.45, 7) is 14.5. The minimum Gasteiger partial charge on any atom is -0.490 e. The van der Waals surface area contributed by atoms with Gasteiger partial charge in [0.1, 0.15) is 36.9 Å². The number of allylic oxidation sites excluding steroid dienone is 2. The maximum atomic E-state index is 12.8. The Morgan fingerprint density at radius 2 is 1.13 bits per heavy atom. The first-order chi connectivity index (χ1) is 25.9. The van der Waals surface area contributed by atoms with E-state index in [0.29, 0.717) is 39.5 Å². The minimum absolute atomic E-state index is 0.265. The third kappa shape index (κ3) is 15.8. The lowest BCUT2D eigenvalue weighted by atomic mass is 9.78. The highest BCUT2D eigenvalue weighted by Crippen LogP contribution is 2.36. The van der Waals surface area contributed by atoms with Gasteiger partial charge in [-0.25, -0.2) is 9.59 Å². The SMILES string of the molecule is CC(C)=CC(=O)OC(COc1ccc(C(C)(C)c2ccc(OCC(CSCCC3SCCS3)OC(=O)C(C)=C(C)C)cc2)cc1)CSCCC1SCCS1. The van der Waals surface area contributed by atoms with E-state index in [9.17, 15) is 9.59 Å². The molecule has 2 aromatic carbocycles. The molecule has 2 aromatic rings. The van der Waals surface area contributed by atoms with Crippen LogP contribution in [0.2, 0.25) is 0 Å². The largest absolute Gasteiger partial charge is 0.490 e. The fourth-order valence-corrected chi connectivity index (χ4v) is 13.8. The first-order valence-corrected chi connectivity index (χ1v) is 25.2. The fraction of sp³-hybridized carbons (Fsp3) is 0.571. The predicted molar refractivity (Wildman–Crippen MR) is 241 cm³/mol. The van der Waals surface area contributed by atoms with Crippen molar-refractivity contribution in [1.82, 2.24) is 0 Å². The van der Waals surface area contributed by atoms with E-state index >= 15 is 0 Å². The number of carbonyl (C=O) groups excluding carboxylic acids is 2. The predicted octanol–water partition coefficient (Wildman–Crippen LogP) is 10.8. The third-order valence-electron chi connectivity index (χ3n) is 9.03. The average Bonchev–Trinajstić information content (AvgIpc) is 3.87. The second-order valence-corrected chi connectivity index (χ2v) is 22.4. The van der Waals surface area contributed by atoms with Gasteiger partial charge in [0.05, 0.1) is 9.16 Å². The Labute approximate surface area is 350 Å². The van der Waals surface area contributed by atoms with Crippen molar-refractivity contribution in [3.05, 3.63) is 82.5 Å². The molecule has 2 atom stereocenters. The molecule has 2 heterocycles. The van der Waals surface area contributed by atoms with Crippen molar-refractivity contribution in [1.29, 1.82) is 0 Å². The lowest BCUT2D eigenvalue weighted by Gasteiger charge is -2.27. The molecule has 2 fully saturated rings. The molecule has 6 nitrogen and oxygen atoms in total. The Morgan fingerprint density at radius 1 is 0.704 bits per heavy atom. The zero-order valence-electron chi connectivity index (χ0n) is 32.9.